The van der Waals surface area contributed by atoms with Crippen molar-refractivity contribution >= 4 is 23.2 Å². The Bertz CT molecular complexity index is 698. The van der Waals surface area contributed by atoms with Crippen molar-refractivity contribution < 1.29 is 9.90 Å². The average Bonchev–Trinajstić information content (AvgIpc) is 2.86. The van der Waals surface area contributed by atoms with Gasteiger partial charge in [-0.15, -0.1) is 0 Å². The Kier molecular flexibility index (Phi) is 4.41. The van der Waals surface area contributed by atoms with Gasteiger partial charge in [-0.1, -0.05) is 23.4 Å². The smallest absolute Gasteiger partial charge is 0.258 e. The van der Waals surface area contributed by atoms with Gasteiger partial charge in [-0.25, -0.2) is 0 Å². The molecule has 0 atom stereocenters. The number of aliphatic hydroxyl groups excluding tert-OH is 1. The number of aryl methyl sites for hydroxylation is 1. The molecule has 2 rings (SSSR count). The Morgan fingerprint density at radius 2 is 2.35 bits per heavy atom. The third kappa shape index (κ3) is 3.38. The fourth-order valence-electron chi connectivity index (χ4n) is 1.57. The topological polar surface area (TPSA) is 67.2 Å². The molecule has 0 unspecified atom stereocenters. The number of anilines is 1. The van der Waals surface area contributed by atoms with E-state index < -0.39 is 0 Å². The van der Waals surface area contributed by atoms with Gasteiger partial charge < -0.3 is 10.4 Å². The van der Waals surface area contributed by atoms with Crippen molar-refractivity contribution in [2.24, 2.45) is 7.05 Å². The van der Waals surface area contributed by atoms with Crippen LogP contribution in [0.1, 0.15) is 15.9 Å². The Morgan fingerprint density at radius 1 is 1.55 bits per heavy atom. The van der Waals surface area contributed by atoms with Crippen molar-refractivity contribution in [2.75, 3.05) is 11.9 Å². The van der Waals surface area contributed by atoms with Gasteiger partial charge in [-0.05, 0) is 18.2 Å². The van der Waals surface area contributed by atoms with Crippen LogP contribution in [0.5, 0.6) is 0 Å². The van der Waals surface area contributed by atoms with E-state index in [1.807, 2.05) is 0 Å². The number of nitrogens with zero attached hydrogens (tertiary/aromatic N) is 2. The van der Waals surface area contributed by atoms with E-state index in [0.717, 1.165) is 0 Å². The number of halogens is 1. The Hall–Kier alpha value is -2.29. The number of rotatable bonds is 2. The lowest BCUT2D eigenvalue weighted by molar-refractivity contribution is 0.102. The van der Waals surface area contributed by atoms with E-state index in [2.05, 4.69) is 22.3 Å². The lowest BCUT2D eigenvalue weighted by Gasteiger charge is -2.06. The van der Waals surface area contributed by atoms with E-state index in [-0.39, 0.29) is 12.5 Å². The third-order valence-electron chi connectivity index (χ3n) is 2.49. The van der Waals surface area contributed by atoms with Crippen LogP contribution in [0.25, 0.3) is 0 Å². The van der Waals surface area contributed by atoms with Crippen molar-refractivity contribution in [1.29, 1.82) is 0 Å². The van der Waals surface area contributed by atoms with Crippen LogP contribution in [-0.4, -0.2) is 27.4 Å². The van der Waals surface area contributed by atoms with Gasteiger partial charge in [0, 0.05) is 18.8 Å². The highest BCUT2D eigenvalue weighted by molar-refractivity contribution is 6.34. The summed E-state index contributed by atoms with van der Waals surface area (Å²) in [6.07, 6.45) is 3.08. The molecule has 1 heterocycles. The third-order valence-corrected chi connectivity index (χ3v) is 2.82. The van der Waals surface area contributed by atoms with Gasteiger partial charge >= 0.3 is 0 Å². The molecule has 2 N–H and O–H groups in total. The molecule has 0 bridgehead atoms. The van der Waals surface area contributed by atoms with Crippen LogP contribution in [0.2, 0.25) is 5.02 Å². The molecule has 1 aromatic carbocycles. The summed E-state index contributed by atoms with van der Waals surface area (Å²) in [5, 5.41) is 15.7. The number of aromatic nitrogens is 2. The number of carbonyl (C=O) groups is 1. The molecule has 5 nitrogen and oxygen atoms in total. The standard InChI is InChI=1S/C14H12ClN3O2/c1-18-9-11(8-16-18)14(20)17-13-7-10(3-2-6-19)4-5-12(13)15/h4-5,7-9,19H,6H2,1H3,(H,17,20). The second kappa shape index (κ2) is 6.24. The zero-order valence-electron chi connectivity index (χ0n) is 10.7. The molecule has 102 valence electrons. The Labute approximate surface area is 121 Å². The first-order valence-electron chi connectivity index (χ1n) is 5.79. The summed E-state index contributed by atoms with van der Waals surface area (Å²) in [4.78, 5) is 12.0. The van der Waals surface area contributed by atoms with E-state index >= 15 is 0 Å². The summed E-state index contributed by atoms with van der Waals surface area (Å²) in [6, 6.07) is 5.01. The molecular formula is C14H12ClN3O2. The maximum atomic E-state index is 12.0. The summed E-state index contributed by atoms with van der Waals surface area (Å²) < 4.78 is 1.54. The average molecular weight is 290 g/mol. The fraction of sp³-hybridized carbons (Fsp3) is 0.143. The lowest BCUT2D eigenvalue weighted by Crippen LogP contribution is -2.11. The summed E-state index contributed by atoms with van der Waals surface area (Å²) in [5.41, 5.74) is 1.56. The highest BCUT2D eigenvalue weighted by atomic mass is 35.5. The second-order valence-corrected chi connectivity index (χ2v) is 4.42. The first kappa shape index (κ1) is 14.1. The molecule has 0 saturated carbocycles. The first-order valence-corrected chi connectivity index (χ1v) is 6.17. The number of aliphatic hydroxyl groups is 1. The zero-order chi connectivity index (χ0) is 14.5. The number of carbonyl (C=O) groups excluding carboxylic acids is 1. The van der Waals surface area contributed by atoms with E-state index in [4.69, 9.17) is 16.7 Å². The molecular weight excluding hydrogens is 278 g/mol. The van der Waals surface area contributed by atoms with E-state index in [9.17, 15) is 4.79 Å². The first-order chi connectivity index (χ1) is 9.60. The highest BCUT2D eigenvalue weighted by Crippen LogP contribution is 2.23. The number of benzene rings is 1. The van der Waals surface area contributed by atoms with Crippen molar-refractivity contribution in [1.82, 2.24) is 9.78 Å². The van der Waals surface area contributed by atoms with E-state index in [0.29, 0.717) is 21.8 Å². The van der Waals surface area contributed by atoms with E-state index in [1.54, 1.807) is 36.1 Å². The predicted molar refractivity (Wildman–Crippen MR) is 76.6 cm³/mol. The van der Waals surface area contributed by atoms with Crippen molar-refractivity contribution in [2.45, 2.75) is 0 Å². The van der Waals surface area contributed by atoms with Crippen LogP contribution in [0.4, 0.5) is 5.69 Å². The zero-order valence-corrected chi connectivity index (χ0v) is 11.5. The van der Waals surface area contributed by atoms with Gasteiger partial charge in [0.1, 0.15) is 6.61 Å². The Morgan fingerprint density at radius 3 is 3.00 bits per heavy atom. The van der Waals surface area contributed by atoms with Crippen LogP contribution in [0, 0.1) is 11.8 Å². The molecule has 0 aliphatic heterocycles. The van der Waals surface area contributed by atoms with Gasteiger partial charge in [0.15, 0.2) is 0 Å². The van der Waals surface area contributed by atoms with Crippen LogP contribution in [-0.2, 0) is 7.05 Å². The maximum absolute atomic E-state index is 12.0. The quantitative estimate of drug-likeness (QED) is 0.827. The van der Waals surface area contributed by atoms with Crippen LogP contribution in [0.15, 0.2) is 30.6 Å². The minimum absolute atomic E-state index is 0.222. The van der Waals surface area contributed by atoms with Gasteiger partial charge in [-0.2, -0.15) is 5.10 Å². The highest BCUT2D eigenvalue weighted by Gasteiger charge is 2.10. The monoisotopic (exact) mass is 289 g/mol. The lowest BCUT2D eigenvalue weighted by atomic mass is 10.2. The minimum atomic E-state index is -0.299. The van der Waals surface area contributed by atoms with Gasteiger partial charge in [0.2, 0.25) is 0 Å². The SMILES string of the molecule is Cn1cc(C(=O)Nc2cc(C#CCO)ccc2Cl)cn1. The van der Waals surface area contributed by atoms with Gasteiger partial charge in [0.05, 0.1) is 22.5 Å². The molecule has 6 heteroatoms. The molecule has 1 aromatic heterocycles. The molecule has 0 fully saturated rings. The number of hydrogen-bond acceptors (Lipinski definition) is 3. The molecule has 0 spiro atoms. The second-order valence-electron chi connectivity index (χ2n) is 4.01. The molecule has 0 radical (unpaired) electrons. The van der Waals surface area contributed by atoms with Gasteiger partial charge in [-0.3, -0.25) is 9.48 Å². The van der Waals surface area contributed by atoms with Crippen molar-refractivity contribution in [3.8, 4) is 11.8 Å². The molecule has 0 aliphatic carbocycles. The normalized spacial score (nSPS) is 9.75. The molecule has 1 amide bonds. The van der Waals surface area contributed by atoms with Crippen molar-refractivity contribution in [3.05, 3.63) is 46.7 Å². The molecule has 20 heavy (non-hydrogen) atoms. The van der Waals surface area contributed by atoms with Crippen LogP contribution >= 0.6 is 11.6 Å². The predicted octanol–water partition coefficient (Wildman–Crippen LogP) is 1.67. The summed E-state index contributed by atoms with van der Waals surface area (Å²) in [5.74, 6) is 4.99. The largest absolute Gasteiger partial charge is 0.384 e. The number of amides is 1. The Balaban J connectivity index is 2.22. The summed E-state index contributed by atoms with van der Waals surface area (Å²) in [7, 11) is 1.73. The van der Waals surface area contributed by atoms with Crippen molar-refractivity contribution in [3.63, 3.8) is 0 Å². The van der Waals surface area contributed by atoms with Gasteiger partial charge in [0.25, 0.3) is 5.91 Å². The summed E-state index contributed by atoms with van der Waals surface area (Å²) >= 11 is 6.03. The fourth-order valence-corrected chi connectivity index (χ4v) is 1.74. The van der Waals surface area contributed by atoms with E-state index in [1.165, 1.54) is 6.20 Å². The maximum Gasteiger partial charge on any atom is 0.258 e. The molecule has 0 aliphatic rings. The minimum Gasteiger partial charge on any atom is -0.384 e. The van der Waals surface area contributed by atoms with Crippen LogP contribution < -0.4 is 5.32 Å². The number of hydrogen-bond donors (Lipinski definition) is 2. The molecule has 2 aromatic rings. The summed E-state index contributed by atoms with van der Waals surface area (Å²) in [6.45, 7) is -0.222. The van der Waals surface area contributed by atoms with Crippen LogP contribution in [0.3, 0.4) is 0 Å². The number of nitrogens with one attached hydrogen (secondary N) is 1. The molecule has 0 saturated heterocycles.